The molecule has 2 aromatic rings. The van der Waals surface area contributed by atoms with Crippen LogP contribution in [0.4, 0.5) is 0 Å². The first kappa shape index (κ1) is 14.6. The van der Waals surface area contributed by atoms with Crippen LogP contribution < -0.4 is 0 Å². The van der Waals surface area contributed by atoms with E-state index in [1.54, 1.807) is 24.3 Å². The molecule has 6 heteroatoms. The van der Waals surface area contributed by atoms with Crippen molar-refractivity contribution < 1.29 is 18.3 Å². The maximum absolute atomic E-state index is 11.8. The average molecular weight is 311 g/mol. The second-order valence-corrected chi connectivity index (χ2v) is 6.72. The van der Waals surface area contributed by atoms with Crippen LogP contribution in [0.2, 0.25) is 5.02 Å². The van der Waals surface area contributed by atoms with Crippen molar-refractivity contribution in [1.82, 2.24) is 0 Å². The lowest BCUT2D eigenvalue weighted by Gasteiger charge is -2.09. The zero-order valence-electron chi connectivity index (χ0n) is 10.5. The third-order valence-electron chi connectivity index (χ3n) is 2.78. The van der Waals surface area contributed by atoms with Gasteiger partial charge in [-0.3, -0.25) is 0 Å². The van der Waals surface area contributed by atoms with Crippen LogP contribution >= 0.6 is 11.6 Å². The zero-order valence-corrected chi connectivity index (χ0v) is 12.1. The van der Waals surface area contributed by atoms with E-state index < -0.39 is 15.8 Å². The molecule has 104 valence electrons. The summed E-state index contributed by atoms with van der Waals surface area (Å²) in [5.74, 6) is -1.11. The molecule has 0 spiro atoms. The fraction of sp³-hybridized carbons (Fsp3) is 0.0714. The lowest BCUT2D eigenvalue weighted by atomic mass is 10.0. The quantitative estimate of drug-likeness (QED) is 0.945. The Hall–Kier alpha value is -1.85. The molecule has 0 aliphatic rings. The van der Waals surface area contributed by atoms with Gasteiger partial charge >= 0.3 is 5.97 Å². The van der Waals surface area contributed by atoms with Crippen LogP contribution in [0.3, 0.4) is 0 Å². The molecule has 0 bridgehead atoms. The van der Waals surface area contributed by atoms with E-state index in [-0.39, 0.29) is 10.5 Å². The fourth-order valence-electron chi connectivity index (χ4n) is 1.84. The molecule has 0 heterocycles. The number of hydrogen-bond donors (Lipinski definition) is 1. The smallest absolute Gasteiger partial charge is 0.335 e. The minimum atomic E-state index is -3.46. The van der Waals surface area contributed by atoms with Gasteiger partial charge in [0.05, 0.1) is 10.5 Å². The summed E-state index contributed by atoms with van der Waals surface area (Å²) in [6.45, 7) is 0. The van der Waals surface area contributed by atoms with Crippen LogP contribution in [0.5, 0.6) is 0 Å². The molecule has 0 radical (unpaired) electrons. The second kappa shape index (κ2) is 5.26. The summed E-state index contributed by atoms with van der Waals surface area (Å²) >= 11 is 5.80. The highest BCUT2D eigenvalue weighted by Crippen LogP contribution is 2.29. The molecule has 0 atom stereocenters. The van der Waals surface area contributed by atoms with Crippen molar-refractivity contribution in [3.8, 4) is 11.1 Å². The molecule has 0 saturated heterocycles. The molecule has 1 N–H and O–H groups in total. The van der Waals surface area contributed by atoms with Crippen LogP contribution in [-0.4, -0.2) is 25.7 Å². The topological polar surface area (TPSA) is 71.4 Å². The van der Waals surface area contributed by atoms with Gasteiger partial charge in [-0.15, -0.1) is 0 Å². The zero-order chi connectivity index (χ0) is 14.9. The molecule has 0 fully saturated rings. The average Bonchev–Trinajstić information content (AvgIpc) is 2.37. The van der Waals surface area contributed by atoms with E-state index in [2.05, 4.69) is 0 Å². The normalized spacial score (nSPS) is 11.3. The highest BCUT2D eigenvalue weighted by Gasteiger charge is 2.17. The largest absolute Gasteiger partial charge is 0.478 e. The van der Waals surface area contributed by atoms with Crippen LogP contribution in [0.15, 0.2) is 47.4 Å². The molecule has 4 nitrogen and oxygen atoms in total. The number of carbonyl (C=O) groups is 1. The minimum absolute atomic E-state index is 0.0300. The Kier molecular flexibility index (Phi) is 3.83. The number of benzene rings is 2. The summed E-state index contributed by atoms with van der Waals surface area (Å²) in [4.78, 5) is 11.1. The summed E-state index contributed by atoms with van der Waals surface area (Å²) in [5.41, 5.74) is 0.976. The Balaban J connectivity index is 2.73. The van der Waals surface area contributed by atoms with Crippen molar-refractivity contribution in [2.24, 2.45) is 0 Å². The molecule has 20 heavy (non-hydrogen) atoms. The number of rotatable bonds is 3. The van der Waals surface area contributed by atoms with Gasteiger partial charge < -0.3 is 5.11 Å². The van der Waals surface area contributed by atoms with Crippen LogP contribution in [0, 0.1) is 0 Å². The van der Waals surface area contributed by atoms with Crippen molar-refractivity contribution in [2.75, 3.05) is 6.26 Å². The Bertz CT molecular complexity index is 764. The Labute approximate surface area is 121 Å². The molecule has 0 saturated carbocycles. The van der Waals surface area contributed by atoms with Gasteiger partial charge in [0.15, 0.2) is 9.84 Å². The van der Waals surface area contributed by atoms with Gasteiger partial charge in [0.25, 0.3) is 0 Å². The van der Waals surface area contributed by atoms with E-state index in [4.69, 9.17) is 16.7 Å². The third-order valence-corrected chi connectivity index (χ3v) is 4.19. The van der Waals surface area contributed by atoms with Gasteiger partial charge in [-0.1, -0.05) is 23.7 Å². The summed E-state index contributed by atoms with van der Waals surface area (Å²) in [6.07, 6.45) is 1.09. The van der Waals surface area contributed by atoms with Crippen molar-refractivity contribution in [3.63, 3.8) is 0 Å². The fourth-order valence-corrected chi connectivity index (χ4v) is 2.86. The monoisotopic (exact) mass is 310 g/mol. The predicted molar refractivity (Wildman–Crippen MR) is 77.0 cm³/mol. The molecular formula is C14H11ClO4S. The third kappa shape index (κ3) is 3.00. The lowest BCUT2D eigenvalue weighted by molar-refractivity contribution is 0.0697. The highest BCUT2D eigenvalue weighted by molar-refractivity contribution is 7.90. The Morgan fingerprint density at radius 2 is 1.70 bits per heavy atom. The van der Waals surface area contributed by atoms with E-state index in [9.17, 15) is 13.2 Å². The summed E-state index contributed by atoms with van der Waals surface area (Å²) in [5, 5.41) is 9.54. The summed E-state index contributed by atoms with van der Waals surface area (Å²) in [7, 11) is -3.46. The minimum Gasteiger partial charge on any atom is -0.478 e. The molecule has 0 aliphatic carbocycles. The lowest BCUT2D eigenvalue weighted by Crippen LogP contribution is -2.03. The van der Waals surface area contributed by atoms with Gasteiger partial charge in [0, 0.05) is 16.8 Å². The Morgan fingerprint density at radius 3 is 2.20 bits per heavy atom. The predicted octanol–water partition coefficient (Wildman–Crippen LogP) is 3.11. The molecular weight excluding hydrogens is 300 g/mol. The van der Waals surface area contributed by atoms with Crippen molar-refractivity contribution in [3.05, 3.63) is 53.1 Å². The van der Waals surface area contributed by atoms with Crippen molar-refractivity contribution in [1.29, 1.82) is 0 Å². The number of hydrogen-bond acceptors (Lipinski definition) is 3. The molecule has 0 unspecified atom stereocenters. The van der Waals surface area contributed by atoms with Gasteiger partial charge in [-0.05, 0) is 35.9 Å². The van der Waals surface area contributed by atoms with Gasteiger partial charge in [-0.25, -0.2) is 13.2 Å². The van der Waals surface area contributed by atoms with E-state index in [0.717, 1.165) is 6.26 Å². The number of carboxylic acids is 1. The number of aromatic carboxylic acids is 1. The van der Waals surface area contributed by atoms with Gasteiger partial charge in [-0.2, -0.15) is 0 Å². The first-order chi connectivity index (χ1) is 9.29. The summed E-state index contributed by atoms with van der Waals surface area (Å²) < 4.78 is 23.6. The molecule has 0 amide bonds. The van der Waals surface area contributed by atoms with Crippen LogP contribution in [0.1, 0.15) is 10.4 Å². The number of sulfone groups is 1. The second-order valence-electron chi connectivity index (χ2n) is 4.30. The standard InChI is InChI=1S/C14H11ClO4S/c1-20(18,19)13-7-4-10(14(16)17)8-12(13)9-2-5-11(15)6-3-9/h2-8H,1H3,(H,16,17). The van der Waals surface area contributed by atoms with Gasteiger partial charge in [0.1, 0.15) is 0 Å². The molecule has 2 aromatic carbocycles. The van der Waals surface area contributed by atoms with Crippen molar-refractivity contribution in [2.45, 2.75) is 4.90 Å². The van der Waals surface area contributed by atoms with Crippen LogP contribution in [0.25, 0.3) is 11.1 Å². The summed E-state index contributed by atoms with van der Waals surface area (Å²) in [6, 6.07) is 10.5. The first-order valence-electron chi connectivity index (χ1n) is 5.62. The molecule has 0 aromatic heterocycles. The number of carboxylic acid groups (broad SMARTS) is 1. The maximum Gasteiger partial charge on any atom is 0.335 e. The highest BCUT2D eigenvalue weighted by atomic mass is 35.5. The van der Waals surface area contributed by atoms with Gasteiger partial charge in [0.2, 0.25) is 0 Å². The molecule has 0 aliphatic heterocycles. The number of halogens is 1. The Morgan fingerprint density at radius 1 is 1.10 bits per heavy atom. The maximum atomic E-state index is 11.8. The van der Waals surface area contributed by atoms with Crippen LogP contribution in [-0.2, 0) is 9.84 Å². The van der Waals surface area contributed by atoms with E-state index in [0.29, 0.717) is 16.1 Å². The van der Waals surface area contributed by atoms with E-state index in [1.807, 2.05) is 0 Å². The SMILES string of the molecule is CS(=O)(=O)c1ccc(C(=O)O)cc1-c1ccc(Cl)cc1. The molecule has 2 rings (SSSR count). The van der Waals surface area contributed by atoms with E-state index >= 15 is 0 Å². The first-order valence-corrected chi connectivity index (χ1v) is 7.89. The van der Waals surface area contributed by atoms with E-state index in [1.165, 1.54) is 18.2 Å². The van der Waals surface area contributed by atoms with Crippen molar-refractivity contribution >= 4 is 27.4 Å².